The molecule has 2 aromatic rings. The number of amides is 1. The van der Waals surface area contributed by atoms with Crippen LogP contribution < -0.4 is 10.1 Å². The van der Waals surface area contributed by atoms with Crippen LogP contribution in [-0.4, -0.2) is 44.2 Å². The molecule has 0 bridgehead atoms. The lowest BCUT2D eigenvalue weighted by atomic mass is 10.1. The van der Waals surface area contributed by atoms with Crippen LogP contribution in [0.1, 0.15) is 34.5 Å². The Morgan fingerprint density at radius 1 is 1.15 bits per heavy atom. The molecule has 0 spiro atoms. The molecular weight excluding hydrogens is 328 g/mol. The Morgan fingerprint density at radius 3 is 2.54 bits per heavy atom. The van der Waals surface area contributed by atoms with Crippen molar-refractivity contribution in [3.63, 3.8) is 0 Å². The molecule has 1 amide bonds. The van der Waals surface area contributed by atoms with Gasteiger partial charge in [-0.05, 0) is 30.7 Å². The molecule has 2 aromatic carbocycles. The summed E-state index contributed by atoms with van der Waals surface area (Å²) >= 11 is 0. The molecule has 1 N–H and O–H groups in total. The van der Waals surface area contributed by atoms with Crippen LogP contribution in [0.5, 0.6) is 5.75 Å². The van der Waals surface area contributed by atoms with Crippen molar-refractivity contribution in [1.82, 2.24) is 10.2 Å². The summed E-state index contributed by atoms with van der Waals surface area (Å²) in [7, 11) is 1.64. The zero-order chi connectivity index (χ0) is 18.4. The van der Waals surface area contributed by atoms with Gasteiger partial charge in [0.2, 0.25) is 0 Å². The molecule has 138 valence electrons. The molecular formula is C21H26N2O3. The van der Waals surface area contributed by atoms with Gasteiger partial charge < -0.3 is 14.8 Å². The molecule has 0 aromatic heterocycles. The highest BCUT2D eigenvalue weighted by atomic mass is 16.5. The number of rotatable bonds is 6. The van der Waals surface area contributed by atoms with Gasteiger partial charge in [0.05, 0.1) is 26.4 Å². The van der Waals surface area contributed by atoms with Gasteiger partial charge in [-0.3, -0.25) is 9.69 Å². The first kappa shape index (κ1) is 18.4. The van der Waals surface area contributed by atoms with Crippen molar-refractivity contribution in [1.29, 1.82) is 0 Å². The molecule has 5 nitrogen and oxygen atoms in total. The summed E-state index contributed by atoms with van der Waals surface area (Å²) in [4.78, 5) is 14.9. The molecule has 0 aliphatic carbocycles. The maximum absolute atomic E-state index is 12.6. The number of hydrogen-bond acceptors (Lipinski definition) is 4. The van der Waals surface area contributed by atoms with Crippen LogP contribution >= 0.6 is 0 Å². The molecule has 1 heterocycles. The average Bonchev–Trinajstić information content (AvgIpc) is 2.69. The van der Waals surface area contributed by atoms with E-state index in [9.17, 15) is 4.79 Å². The molecule has 1 fully saturated rings. The Morgan fingerprint density at radius 2 is 1.85 bits per heavy atom. The minimum absolute atomic E-state index is 0.0821. The molecule has 0 radical (unpaired) electrons. The summed E-state index contributed by atoms with van der Waals surface area (Å²) in [5.74, 6) is 0.697. The van der Waals surface area contributed by atoms with E-state index in [1.165, 1.54) is 5.56 Å². The molecule has 1 unspecified atom stereocenters. The number of hydrogen-bond donors (Lipinski definition) is 1. The lowest BCUT2D eigenvalue weighted by Gasteiger charge is -2.26. The Bertz CT molecular complexity index is 724. The monoisotopic (exact) mass is 354 g/mol. The molecule has 5 heteroatoms. The van der Waals surface area contributed by atoms with E-state index in [0.29, 0.717) is 5.56 Å². The van der Waals surface area contributed by atoms with Gasteiger partial charge in [-0.2, -0.15) is 0 Å². The SMILES string of the molecule is COc1ccccc1C(C)NC(=O)c1ccc(CN2CCOCC2)cc1. The van der Waals surface area contributed by atoms with Gasteiger partial charge in [0, 0.05) is 30.8 Å². The van der Waals surface area contributed by atoms with Crippen molar-refractivity contribution in [2.24, 2.45) is 0 Å². The van der Waals surface area contributed by atoms with Crippen LogP contribution in [-0.2, 0) is 11.3 Å². The van der Waals surface area contributed by atoms with Crippen LogP contribution in [0.2, 0.25) is 0 Å². The number of methoxy groups -OCH3 is 1. The van der Waals surface area contributed by atoms with Gasteiger partial charge in [-0.15, -0.1) is 0 Å². The van der Waals surface area contributed by atoms with E-state index in [1.54, 1.807) is 7.11 Å². The Balaban J connectivity index is 1.60. The summed E-state index contributed by atoms with van der Waals surface area (Å²) in [6, 6.07) is 15.4. The largest absolute Gasteiger partial charge is 0.496 e. The van der Waals surface area contributed by atoms with E-state index in [2.05, 4.69) is 10.2 Å². The minimum atomic E-state index is -0.133. The summed E-state index contributed by atoms with van der Waals surface area (Å²) in [5.41, 5.74) is 2.84. The second-order valence-corrected chi connectivity index (χ2v) is 6.52. The molecule has 1 saturated heterocycles. The van der Waals surface area contributed by atoms with Crippen molar-refractivity contribution < 1.29 is 14.3 Å². The molecule has 1 atom stereocenters. The number of nitrogens with zero attached hydrogens (tertiary/aromatic N) is 1. The van der Waals surface area contributed by atoms with Crippen molar-refractivity contribution in [3.8, 4) is 5.75 Å². The van der Waals surface area contributed by atoms with Gasteiger partial charge in [0.15, 0.2) is 0 Å². The fourth-order valence-electron chi connectivity index (χ4n) is 3.16. The third-order valence-corrected chi connectivity index (χ3v) is 4.68. The molecule has 1 aliphatic rings. The number of morpholine rings is 1. The van der Waals surface area contributed by atoms with E-state index < -0.39 is 0 Å². The number of carbonyl (C=O) groups excluding carboxylic acids is 1. The average molecular weight is 354 g/mol. The maximum atomic E-state index is 12.6. The Labute approximate surface area is 154 Å². The summed E-state index contributed by atoms with van der Waals surface area (Å²) < 4.78 is 10.8. The smallest absolute Gasteiger partial charge is 0.251 e. The van der Waals surface area contributed by atoms with E-state index in [-0.39, 0.29) is 11.9 Å². The number of carbonyl (C=O) groups is 1. The van der Waals surface area contributed by atoms with Gasteiger partial charge in [0.1, 0.15) is 5.75 Å². The fourth-order valence-corrected chi connectivity index (χ4v) is 3.16. The first-order valence-corrected chi connectivity index (χ1v) is 9.00. The zero-order valence-corrected chi connectivity index (χ0v) is 15.4. The van der Waals surface area contributed by atoms with Crippen LogP contribution in [0.4, 0.5) is 0 Å². The van der Waals surface area contributed by atoms with Crippen molar-refractivity contribution in [3.05, 3.63) is 65.2 Å². The second-order valence-electron chi connectivity index (χ2n) is 6.52. The second kappa shape index (κ2) is 8.83. The van der Waals surface area contributed by atoms with Crippen molar-refractivity contribution in [2.45, 2.75) is 19.5 Å². The summed E-state index contributed by atoms with van der Waals surface area (Å²) in [6.45, 7) is 6.35. The summed E-state index contributed by atoms with van der Waals surface area (Å²) in [5, 5.41) is 3.04. The van der Waals surface area contributed by atoms with Gasteiger partial charge in [0.25, 0.3) is 5.91 Å². The zero-order valence-electron chi connectivity index (χ0n) is 15.4. The number of benzene rings is 2. The van der Waals surface area contributed by atoms with E-state index in [0.717, 1.165) is 44.2 Å². The first-order chi connectivity index (χ1) is 12.7. The third kappa shape index (κ3) is 4.62. The fraction of sp³-hybridized carbons (Fsp3) is 0.381. The van der Waals surface area contributed by atoms with Crippen LogP contribution in [0, 0.1) is 0 Å². The topological polar surface area (TPSA) is 50.8 Å². The molecule has 0 saturated carbocycles. The maximum Gasteiger partial charge on any atom is 0.251 e. The summed E-state index contributed by atoms with van der Waals surface area (Å²) in [6.07, 6.45) is 0. The molecule has 3 rings (SSSR count). The highest BCUT2D eigenvalue weighted by molar-refractivity contribution is 5.94. The van der Waals surface area contributed by atoms with Crippen LogP contribution in [0.15, 0.2) is 48.5 Å². The van der Waals surface area contributed by atoms with Crippen LogP contribution in [0.3, 0.4) is 0 Å². The minimum Gasteiger partial charge on any atom is -0.496 e. The van der Waals surface area contributed by atoms with Crippen molar-refractivity contribution >= 4 is 5.91 Å². The number of para-hydroxylation sites is 1. The van der Waals surface area contributed by atoms with E-state index >= 15 is 0 Å². The normalized spacial score (nSPS) is 16.1. The third-order valence-electron chi connectivity index (χ3n) is 4.68. The molecule has 26 heavy (non-hydrogen) atoms. The number of nitrogens with one attached hydrogen (secondary N) is 1. The van der Waals surface area contributed by atoms with Gasteiger partial charge in [-0.1, -0.05) is 30.3 Å². The van der Waals surface area contributed by atoms with Gasteiger partial charge in [-0.25, -0.2) is 0 Å². The predicted octanol–water partition coefficient (Wildman–Crippen LogP) is 3.02. The lowest BCUT2D eigenvalue weighted by molar-refractivity contribution is 0.0342. The number of ether oxygens (including phenoxy) is 2. The lowest BCUT2D eigenvalue weighted by Crippen LogP contribution is -2.35. The standard InChI is InChI=1S/C21H26N2O3/c1-16(19-5-3-4-6-20(19)25-2)22-21(24)18-9-7-17(8-10-18)15-23-11-13-26-14-12-23/h3-10,16H,11-15H2,1-2H3,(H,22,24). The van der Waals surface area contributed by atoms with Crippen LogP contribution in [0.25, 0.3) is 0 Å². The highest BCUT2D eigenvalue weighted by Gasteiger charge is 2.15. The van der Waals surface area contributed by atoms with E-state index in [4.69, 9.17) is 9.47 Å². The Hall–Kier alpha value is -2.37. The Kier molecular flexibility index (Phi) is 6.26. The van der Waals surface area contributed by atoms with E-state index in [1.807, 2.05) is 55.5 Å². The highest BCUT2D eigenvalue weighted by Crippen LogP contribution is 2.24. The predicted molar refractivity (Wildman–Crippen MR) is 101 cm³/mol. The van der Waals surface area contributed by atoms with Gasteiger partial charge >= 0.3 is 0 Å². The van der Waals surface area contributed by atoms with Crippen molar-refractivity contribution in [2.75, 3.05) is 33.4 Å². The quantitative estimate of drug-likeness (QED) is 0.866. The first-order valence-electron chi connectivity index (χ1n) is 9.00. The molecule has 1 aliphatic heterocycles.